The first-order valence-electron chi connectivity index (χ1n) is 6.53. The third-order valence-corrected chi connectivity index (χ3v) is 3.32. The molecule has 0 aromatic carbocycles. The Morgan fingerprint density at radius 2 is 2.25 bits per heavy atom. The molecule has 2 rings (SSSR count). The number of hydrogen-bond acceptors (Lipinski definition) is 6. The lowest BCUT2D eigenvalue weighted by atomic mass is 10.0. The number of nitrogens with two attached hydrogens (primary N) is 1. The highest BCUT2D eigenvalue weighted by Gasteiger charge is 2.29. The van der Waals surface area contributed by atoms with Gasteiger partial charge in [0, 0.05) is 26.1 Å². The maximum Gasteiger partial charge on any atom is 0.246 e. The van der Waals surface area contributed by atoms with Gasteiger partial charge in [-0.15, -0.1) is 0 Å². The van der Waals surface area contributed by atoms with Crippen molar-refractivity contribution >= 4 is 17.5 Å². The first kappa shape index (κ1) is 14.5. The summed E-state index contributed by atoms with van der Waals surface area (Å²) in [5, 5.41) is 7.90. The molecule has 0 aliphatic carbocycles. The fourth-order valence-corrected chi connectivity index (χ4v) is 2.31. The van der Waals surface area contributed by atoms with E-state index in [1.165, 1.54) is 19.4 Å². The number of nitrogens with one attached hydrogen (secondary N) is 1. The molecule has 0 unspecified atom stereocenters. The van der Waals surface area contributed by atoms with Crippen LogP contribution in [0.15, 0.2) is 17.0 Å². The molecule has 20 heavy (non-hydrogen) atoms. The number of hydrazine groups is 1. The normalized spacial score (nSPS) is 16.9. The molecule has 1 aromatic rings. The average Bonchev–Trinajstić information content (AvgIpc) is 2.93. The summed E-state index contributed by atoms with van der Waals surface area (Å²) in [6.45, 7) is 2.78. The van der Waals surface area contributed by atoms with E-state index in [-0.39, 0.29) is 24.4 Å². The van der Waals surface area contributed by atoms with E-state index in [1.54, 1.807) is 9.91 Å². The Bertz CT molecular complexity index is 454. The molecule has 0 bridgehead atoms. The van der Waals surface area contributed by atoms with E-state index in [1.807, 2.05) is 0 Å². The number of piperidine rings is 1. The van der Waals surface area contributed by atoms with Gasteiger partial charge in [-0.3, -0.25) is 15.4 Å². The zero-order chi connectivity index (χ0) is 14.5. The van der Waals surface area contributed by atoms with Crippen molar-refractivity contribution in [1.82, 2.24) is 15.5 Å². The molecular formula is C12H19N5O3. The van der Waals surface area contributed by atoms with E-state index in [4.69, 9.17) is 10.4 Å². The zero-order valence-corrected chi connectivity index (χ0v) is 11.4. The molecule has 1 aliphatic heterocycles. The Kier molecular flexibility index (Phi) is 4.70. The van der Waals surface area contributed by atoms with Crippen LogP contribution in [0.25, 0.3) is 0 Å². The highest BCUT2D eigenvalue weighted by molar-refractivity contribution is 5.96. The van der Waals surface area contributed by atoms with Crippen molar-refractivity contribution in [2.24, 2.45) is 5.84 Å². The van der Waals surface area contributed by atoms with E-state index < -0.39 is 0 Å². The van der Waals surface area contributed by atoms with Gasteiger partial charge >= 0.3 is 0 Å². The number of carbonyl (C=O) groups excluding carboxylic acids is 2. The summed E-state index contributed by atoms with van der Waals surface area (Å²) < 4.78 is 4.82. The number of rotatable bonds is 4. The number of anilines is 1. The van der Waals surface area contributed by atoms with Crippen molar-refractivity contribution < 1.29 is 14.1 Å². The number of carbonyl (C=O) groups is 2. The Morgan fingerprint density at radius 1 is 1.55 bits per heavy atom. The largest absolute Gasteiger partial charge is 0.363 e. The maximum absolute atomic E-state index is 12.3. The summed E-state index contributed by atoms with van der Waals surface area (Å²) in [7, 11) is 0. The molecule has 1 fully saturated rings. The summed E-state index contributed by atoms with van der Waals surface area (Å²) in [6, 6.07) is 0.0375. The van der Waals surface area contributed by atoms with Crippen LogP contribution >= 0.6 is 0 Å². The Hall–Kier alpha value is -1.93. The van der Waals surface area contributed by atoms with Gasteiger partial charge in [-0.05, 0) is 12.8 Å². The average molecular weight is 281 g/mol. The minimum Gasteiger partial charge on any atom is -0.363 e. The van der Waals surface area contributed by atoms with Gasteiger partial charge in [-0.25, -0.2) is 5.01 Å². The zero-order valence-electron chi connectivity index (χ0n) is 11.4. The molecule has 1 saturated heterocycles. The van der Waals surface area contributed by atoms with E-state index in [0.717, 1.165) is 25.9 Å². The van der Waals surface area contributed by atoms with Gasteiger partial charge in [0.2, 0.25) is 11.8 Å². The van der Waals surface area contributed by atoms with Crippen LogP contribution in [0.2, 0.25) is 0 Å². The Balaban J connectivity index is 2.09. The highest BCUT2D eigenvalue weighted by Crippen LogP contribution is 2.22. The van der Waals surface area contributed by atoms with Crippen LogP contribution in [0, 0.1) is 0 Å². The molecule has 3 N–H and O–H groups in total. The van der Waals surface area contributed by atoms with E-state index in [9.17, 15) is 9.59 Å². The molecule has 2 amide bonds. The van der Waals surface area contributed by atoms with Gasteiger partial charge in [0.05, 0.1) is 12.7 Å². The summed E-state index contributed by atoms with van der Waals surface area (Å²) in [6.07, 6.45) is 4.47. The lowest BCUT2D eigenvalue weighted by molar-refractivity contribution is -0.124. The van der Waals surface area contributed by atoms with Crippen LogP contribution in [0.1, 0.15) is 19.8 Å². The fraction of sp³-hybridized carbons (Fsp3) is 0.583. The molecule has 0 spiro atoms. The van der Waals surface area contributed by atoms with Gasteiger partial charge in [-0.1, -0.05) is 5.16 Å². The van der Waals surface area contributed by atoms with Crippen LogP contribution in [-0.4, -0.2) is 47.7 Å². The van der Waals surface area contributed by atoms with Gasteiger partial charge in [-0.2, -0.15) is 0 Å². The standard InChI is InChI=1S/C12H19N5O3/c1-9(18)14-7-12(19)17(11-6-15-20-8-11)10-2-4-16(13)5-3-10/h6,8,10H,2-5,7,13H2,1H3,(H,14,18). The van der Waals surface area contributed by atoms with Crippen LogP contribution in [0.3, 0.4) is 0 Å². The molecule has 8 heteroatoms. The highest BCUT2D eigenvalue weighted by atomic mass is 16.5. The molecule has 110 valence electrons. The smallest absolute Gasteiger partial charge is 0.246 e. The van der Waals surface area contributed by atoms with Crippen molar-refractivity contribution in [1.29, 1.82) is 0 Å². The Labute approximate surface area is 116 Å². The van der Waals surface area contributed by atoms with Crippen molar-refractivity contribution in [2.75, 3.05) is 24.5 Å². The first-order chi connectivity index (χ1) is 9.58. The minimum absolute atomic E-state index is 0.0375. The molecule has 1 aliphatic rings. The lowest BCUT2D eigenvalue weighted by Crippen LogP contribution is -2.51. The molecule has 0 saturated carbocycles. The van der Waals surface area contributed by atoms with Crippen molar-refractivity contribution in [3.63, 3.8) is 0 Å². The van der Waals surface area contributed by atoms with Gasteiger partial charge in [0.25, 0.3) is 0 Å². The molecule has 2 heterocycles. The maximum atomic E-state index is 12.3. The second kappa shape index (κ2) is 6.49. The number of hydrogen-bond donors (Lipinski definition) is 2. The van der Waals surface area contributed by atoms with Crippen LogP contribution in [-0.2, 0) is 9.59 Å². The van der Waals surface area contributed by atoms with Crippen LogP contribution in [0.5, 0.6) is 0 Å². The minimum atomic E-state index is -0.236. The van der Waals surface area contributed by atoms with Gasteiger partial charge < -0.3 is 14.7 Å². The van der Waals surface area contributed by atoms with E-state index in [2.05, 4.69) is 10.5 Å². The van der Waals surface area contributed by atoms with Crippen molar-refractivity contribution in [3.05, 3.63) is 12.5 Å². The molecule has 8 nitrogen and oxygen atoms in total. The topological polar surface area (TPSA) is 105 Å². The lowest BCUT2D eigenvalue weighted by Gasteiger charge is -2.36. The molecule has 1 aromatic heterocycles. The van der Waals surface area contributed by atoms with Gasteiger partial charge in [0.1, 0.15) is 12.0 Å². The predicted octanol–water partition coefficient (Wildman–Crippen LogP) is -0.518. The fourth-order valence-electron chi connectivity index (χ4n) is 2.31. The number of nitrogens with zero attached hydrogens (tertiary/aromatic N) is 3. The van der Waals surface area contributed by atoms with Crippen molar-refractivity contribution in [2.45, 2.75) is 25.8 Å². The predicted molar refractivity (Wildman–Crippen MR) is 71.5 cm³/mol. The molecular weight excluding hydrogens is 262 g/mol. The van der Waals surface area contributed by atoms with E-state index >= 15 is 0 Å². The second-order valence-corrected chi connectivity index (χ2v) is 4.82. The monoisotopic (exact) mass is 281 g/mol. The third-order valence-electron chi connectivity index (χ3n) is 3.32. The summed E-state index contributed by atoms with van der Waals surface area (Å²) in [5.41, 5.74) is 0.607. The van der Waals surface area contributed by atoms with Gasteiger partial charge in [0.15, 0.2) is 0 Å². The number of aromatic nitrogens is 1. The van der Waals surface area contributed by atoms with Crippen LogP contribution < -0.4 is 16.1 Å². The van der Waals surface area contributed by atoms with Crippen LogP contribution in [0.4, 0.5) is 5.69 Å². The van der Waals surface area contributed by atoms with E-state index in [0.29, 0.717) is 5.69 Å². The Morgan fingerprint density at radius 3 is 2.80 bits per heavy atom. The number of amides is 2. The summed E-state index contributed by atoms with van der Waals surface area (Å²) >= 11 is 0. The quantitative estimate of drug-likeness (QED) is 0.720. The summed E-state index contributed by atoms with van der Waals surface area (Å²) in [4.78, 5) is 24.9. The SMILES string of the molecule is CC(=O)NCC(=O)N(c1cnoc1)C1CCN(N)CC1. The van der Waals surface area contributed by atoms with Crippen molar-refractivity contribution in [3.8, 4) is 0 Å². The molecule has 0 radical (unpaired) electrons. The first-order valence-corrected chi connectivity index (χ1v) is 6.53. The second-order valence-electron chi connectivity index (χ2n) is 4.82. The molecule has 0 atom stereocenters. The third kappa shape index (κ3) is 3.55. The summed E-state index contributed by atoms with van der Waals surface area (Å²) in [5.74, 6) is 5.31.